The molecule has 2 heterocycles. The summed E-state index contributed by atoms with van der Waals surface area (Å²) in [6.07, 6.45) is 1.22. The minimum absolute atomic E-state index is 0.158. The zero-order valence-corrected chi connectivity index (χ0v) is 12.2. The van der Waals surface area contributed by atoms with E-state index in [1.807, 2.05) is 24.3 Å². The Labute approximate surface area is 127 Å². The number of hydrogen-bond acceptors (Lipinski definition) is 6. The van der Waals surface area contributed by atoms with Crippen molar-refractivity contribution < 1.29 is 14.7 Å². The molecule has 3 rings (SSSR count). The summed E-state index contributed by atoms with van der Waals surface area (Å²) in [5.41, 5.74) is 0.985. The van der Waals surface area contributed by atoms with Crippen LogP contribution in [0.1, 0.15) is 10.5 Å². The van der Waals surface area contributed by atoms with E-state index in [9.17, 15) is 4.79 Å². The van der Waals surface area contributed by atoms with Gasteiger partial charge in [-0.05, 0) is 36.5 Å². The average molecular weight is 303 g/mol. The fourth-order valence-electron chi connectivity index (χ4n) is 2.28. The number of anilines is 1. The second kappa shape index (κ2) is 6.02. The van der Waals surface area contributed by atoms with Gasteiger partial charge >= 0.3 is 5.97 Å². The number of carboxylic acid groups (broad SMARTS) is 1. The molecule has 8 nitrogen and oxygen atoms in total. The molecule has 1 fully saturated rings. The number of rotatable bonds is 4. The molecule has 0 aliphatic carbocycles. The van der Waals surface area contributed by atoms with Crippen LogP contribution in [0.15, 0.2) is 30.5 Å². The average Bonchev–Trinajstić information content (AvgIpc) is 2.98. The van der Waals surface area contributed by atoms with Gasteiger partial charge in [-0.15, -0.1) is 5.10 Å². The Hall–Kier alpha value is -2.61. The number of carboxylic acids is 1. The lowest BCUT2D eigenvalue weighted by molar-refractivity contribution is 0.0690. The van der Waals surface area contributed by atoms with Crippen LogP contribution in [0.4, 0.5) is 5.69 Å². The number of aromatic nitrogens is 3. The molecule has 1 aromatic carbocycles. The highest BCUT2D eigenvalue weighted by molar-refractivity contribution is 5.84. The molecule has 2 aromatic rings. The lowest BCUT2D eigenvalue weighted by Crippen LogP contribution is -2.44. The van der Waals surface area contributed by atoms with Crippen LogP contribution in [0.3, 0.4) is 0 Å². The molecule has 0 atom stereocenters. The normalized spacial score (nSPS) is 15.8. The number of likely N-dealkylation sites (N-methyl/N-ethyl adjacent to an activating group) is 1. The minimum Gasteiger partial charge on any atom is -0.476 e. The second-order valence-corrected chi connectivity index (χ2v) is 5.19. The highest BCUT2D eigenvalue weighted by atomic mass is 16.7. The fourth-order valence-corrected chi connectivity index (χ4v) is 2.28. The highest BCUT2D eigenvalue weighted by Gasteiger charge is 2.14. The Bertz CT molecular complexity index is 647. The van der Waals surface area contributed by atoms with Gasteiger partial charge in [0.25, 0.3) is 0 Å². The zero-order valence-electron chi connectivity index (χ0n) is 12.2. The molecule has 0 unspecified atom stereocenters. The predicted molar refractivity (Wildman–Crippen MR) is 79.2 cm³/mol. The van der Waals surface area contributed by atoms with Gasteiger partial charge in [0.2, 0.25) is 0 Å². The van der Waals surface area contributed by atoms with Crippen molar-refractivity contribution in [1.29, 1.82) is 0 Å². The SMILES string of the molecule is CN1CCN(c2ccc(On3cc(C(=O)O)nn3)cc2)CC1. The first-order valence-corrected chi connectivity index (χ1v) is 6.99. The van der Waals surface area contributed by atoms with Crippen molar-refractivity contribution >= 4 is 11.7 Å². The summed E-state index contributed by atoms with van der Waals surface area (Å²) in [6, 6.07) is 7.62. The first-order chi connectivity index (χ1) is 10.6. The maximum atomic E-state index is 10.7. The zero-order chi connectivity index (χ0) is 15.5. The van der Waals surface area contributed by atoms with Crippen molar-refractivity contribution in [3.8, 4) is 5.75 Å². The van der Waals surface area contributed by atoms with E-state index in [-0.39, 0.29) is 5.69 Å². The van der Waals surface area contributed by atoms with Gasteiger partial charge in [-0.1, -0.05) is 4.85 Å². The van der Waals surface area contributed by atoms with Crippen LogP contribution >= 0.6 is 0 Å². The van der Waals surface area contributed by atoms with Crippen LogP contribution < -0.4 is 9.74 Å². The summed E-state index contributed by atoms with van der Waals surface area (Å²) >= 11 is 0. The van der Waals surface area contributed by atoms with Crippen LogP contribution in [0.5, 0.6) is 5.75 Å². The van der Waals surface area contributed by atoms with Crippen molar-refractivity contribution in [2.75, 3.05) is 38.1 Å². The smallest absolute Gasteiger partial charge is 0.358 e. The van der Waals surface area contributed by atoms with Crippen molar-refractivity contribution in [2.24, 2.45) is 0 Å². The van der Waals surface area contributed by atoms with E-state index in [1.54, 1.807) is 0 Å². The van der Waals surface area contributed by atoms with Crippen LogP contribution in [-0.2, 0) is 0 Å². The maximum absolute atomic E-state index is 10.7. The van der Waals surface area contributed by atoms with Gasteiger partial charge < -0.3 is 19.7 Å². The molecule has 116 valence electrons. The standard InChI is InChI=1S/C14H17N5O3/c1-17-6-8-18(9-7-17)11-2-4-12(5-3-11)22-19-10-13(14(20)21)15-16-19/h2-5,10H,6-9H2,1H3,(H,20,21). The summed E-state index contributed by atoms with van der Waals surface area (Å²) in [6.45, 7) is 4.11. The Morgan fingerprint density at radius 3 is 2.45 bits per heavy atom. The molecule has 22 heavy (non-hydrogen) atoms. The summed E-state index contributed by atoms with van der Waals surface area (Å²) in [4.78, 5) is 21.8. The molecule has 0 spiro atoms. The minimum atomic E-state index is -1.14. The summed E-state index contributed by atoms with van der Waals surface area (Å²) in [5.74, 6) is -0.569. The van der Waals surface area contributed by atoms with Crippen molar-refractivity contribution in [2.45, 2.75) is 0 Å². The molecule has 8 heteroatoms. The van der Waals surface area contributed by atoms with Gasteiger partial charge in [0.1, 0.15) is 6.20 Å². The lowest BCUT2D eigenvalue weighted by Gasteiger charge is -2.34. The number of hydrogen-bond donors (Lipinski definition) is 1. The topological polar surface area (TPSA) is 83.7 Å². The molecule has 0 amide bonds. The highest BCUT2D eigenvalue weighted by Crippen LogP contribution is 2.20. The third-order valence-electron chi connectivity index (χ3n) is 3.60. The van der Waals surface area contributed by atoms with E-state index in [4.69, 9.17) is 9.94 Å². The van der Waals surface area contributed by atoms with Gasteiger partial charge in [0.15, 0.2) is 11.4 Å². The molecule has 0 radical (unpaired) electrons. The van der Waals surface area contributed by atoms with Crippen molar-refractivity contribution in [3.63, 3.8) is 0 Å². The predicted octanol–water partition coefficient (Wildman–Crippen LogP) is 0.570. The molecule has 1 aliphatic rings. The number of nitrogens with zero attached hydrogens (tertiary/aromatic N) is 5. The number of benzene rings is 1. The lowest BCUT2D eigenvalue weighted by atomic mass is 10.2. The van der Waals surface area contributed by atoms with Gasteiger partial charge in [-0.25, -0.2) is 4.79 Å². The molecular weight excluding hydrogens is 286 g/mol. The summed E-state index contributed by atoms with van der Waals surface area (Å²) < 4.78 is 0. The third-order valence-corrected chi connectivity index (χ3v) is 3.60. The number of piperazine rings is 1. The number of carbonyl (C=O) groups is 1. The summed E-state index contributed by atoms with van der Waals surface area (Å²) in [5, 5.41) is 15.9. The number of aromatic carboxylic acids is 1. The molecular formula is C14H17N5O3. The van der Waals surface area contributed by atoms with E-state index in [0.29, 0.717) is 5.75 Å². The van der Waals surface area contributed by atoms with E-state index in [0.717, 1.165) is 36.7 Å². The maximum Gasteiger partial charge on any atom is 0.358 e. The molecule has 1 aliphatic heterocycles. The Kier molecular flexibility index (Phi) is 3.92. The second-order valence-electron chi connectivity index (χ2n) is 5.19. The molecule has 1 saturated heterocycles. The first kappa shape index (κ1) is 14.3. The molecule has 0 saturated carbocycles. The molecule has 1 aromatic heterocycles. The quantitative estimate of drug-likeness (QED) is 0.884. The van der Waals surface area contributed by atoms with Gasteiger partial charge in [-0.2, -0.15) is 0 Å². The Morgan fingerprint density at radius 2 is 1.86 bits per heavy atom. The van der Waals surface area contributed by atoms with Crippen molar-refractivity contribution in [3.05, 3.63) is 36.2 Å². The van der Waals surface area contributed by atoms with Crippen LogP contribution in [-0.4, -0.2) is 64.4 Å². The van der Waals surface area contributed by atoms with Crippen molar-refractivity contribution in [1.82, 2.24) is 20.1 Å². The Morgan fingerprint density at radius 1 is 1.18 bits per heavy atom. The van der Waals surface area contributed by atoms with E-state index < -0.39 is 5.97 Å². The largest absolute Gasteiger partial charge is 0.476 e. The third kappa shape index (κ3) is 3.17. The monoisotopic (exact) mass is 303 g/mol. The van der Waals surface area contributed by atoms with E-state index >= 15 is 0 Å². The van der Waals surface area contributed by atoms with Crippen LogP contribution in [0.25, 0.3) is 0 Å². The van der Waals surface area contributed by atoms with Gasteiger partial charge in [0.05, 0.1) is 0 Å². The van der Waals surface area contributed by atoms with Gasteiger partial charge in [-0.3, -0.25) is 0 Å². The Balaban J connectivity index is 1.64. The summed E-state index contributed by atoms with van der Waals surface area (Å²) in [7, 11) is 2.12. The van der Waals surface area contributed by atoms with Crippen LogP contribution in [0, 0.1) is 0 Å². The molecule has 1 N–H and O–H groups in total. The van der Waals surface area contributed by atoms with Gasteiger partial charge in [0, 0.05) is 31.9 Å². The fraction of sp³-hybridized carbons (Fsp3) is 0.357. The van der Waals surface area contributed by atoms with Crippen LogP contribution in [0.2, 0.25) is 0 Å². The first-order valence-electron chi connectivity index (χ1n) is 6.99. The van der Waals surface area contributed by atoms with E-state index in [1.165, 1.54) is 6.20 Å². The van der Waals surface area contributed by atoms with E-state index in [2.05, 4.69) is 27.2 Å². The molecule has 0 bridgehead atoms.